The Bertz CT molecular complexity index is 512. The van der Waals surface area contributed by atoms with Crippen molar-refractivity contribution in [2.24, 2.45) is 0 Å². The molecule has 0 spiro atoms. The van der Waals surface area contributed by atoms with Crippen molar-refractivity contribution in [3.8, 4) is 0 Å². The highest BCUT2D eigenvalue weighted by atomic mass is 16.6. The maximum Gasteiger partial charge on any atom is 0.310 e. The van der Waals surface area contributed by atoms with Gasteiger partial charge in [-0.2, -0.15) is 5.10 Å². The molecule has 0 aromatic carbocycles. The SMILES string of the molecule is CC(Nc1ccncc1[N+](=O)[O-])c1ncn[nH]1. The van der Waals surface area contributed by atoms with E-state index in [-0.39, 0.29) is 11.7 Å². The Morgan fingerprint density at radius 2 is 2.41 bits per heavy atom. The molecule has 88 valence electrons. The van der Waals surface area contributed by atoms with Gasteiger partial charge in [0.05, 0.1) is 11.0 Å². The molecule has 2 aromatic heterocycles. The summed E-state index contributed by atoms with van der Waals surface area (Å²) in [5.74, 6) is 0.608. The van der Waals surface area contributed by atoms with Crippen LogP contribution < -0.4 is 5.32 Å². The van der Waals surface area contributed by atoms with Crippen LogP contribution in [0, 0.1) is 10.1 Å². The van der Waals surface area contributed by atoms with Gasteiger partial charge < -0.3 is 5.32 Å². The van der Waals surface area contributed by atoms with Gasteiger partial charge >= 0.3 is 5.69 Å². The Morgan fingerprint density at radius 1 is 1.59 bits per heavy atom. The fraction of sp³-hybridized carbons (Fsp3) is 0.222. The summed E-state index contributed by atoms with van der Waals surface area (Å²) in [6.07, 6.45) is 4.08. The van der Waals surface area contributed by atoms with Crippen molar-refractivity contribution in [2.45, 2.75) is 13.0 Å². The normalized spacial score (nSPS) is 12.1. The number of hydrogen-bond donors (Lipinski definition) is 2. The van der Waals surface area contributed by atoms with Crippen molar-refractivity contribution in [1.29, 1.82) is 0 Å². The molecule has 0 saturated heterocycles. The quantitative estimate of drug-likeness (QED) is 0.609. The zero-order valence-corrected chi connectivity index (χ0v) is 8.99. The second-order valence-corrected chi connectivity index (χ2v) is 3.39. The largest absolute Gasteiger partial charge is 0.370 e. The van der Waals surface area contributed by atoms with Crippen LogP contribution >= 0.6 is 0 Å². The molecule has 0 saturated carbocycles. The Morgan fingerprint density at radius 3 is 3.06 bits per heavy atom. The highest BCUT2D eigenvalue weighted by Gasteiger charge is 2.16. The molecule has 17 heavy (non-hydrogen) atoms. The van der Waals surface area contributed by atoms with Gasteiger partial charge in [0.2, 0.25) is 0 Å². The van der Waals surface area contributed by atoms with E-state index in [2.05, 4.69) is 25.5 Å². The molecule has 0 amide bonds. The zero-order chi connectivity index (χ0) is 12.3. The van der Waals surface area contributed by atoms with Crippen molar-refractivity contribution < 1.29 is 4.92 Å². The van der Waals surface area contributed by atoms with Crippen molar-refractivity contribution >= 4 is 11.4 Å². The van der Waals surface area contributed by atoms with E-state index in [9.17, 15) is 10.1 Å². The number of rotatable bonds is 4. The summed E-state index contributed by atoms with van der Waals surface area (Å²) in [6, 6.07) is 1.34. The van der Waals surface area contributed by atoms with E-state index < -0.39 is 4.92 Å². The maximum atomic E-state index is 10.8. The van der Waals surface area contributed by atoms with Crippen LogP contribution in [0.15, 0.2) is 24.8 Å². The Balaban J connectivity index is 2.21. The topological polar surface area (TPSA) is 110 Å². The lowest BCUT2D eigenvalue weighted by Gasteiger charge is -2.11. The molecule has 2 aromatic rings. The third kappa shape index (κ3) is 2.36. The minimum absolute atomic E-state index is 0.0705. The molecule has 1 atom stereocenters. The average molecular weight is 234 g/mol. The summed E-state index contributed by atoms with van der Waals surface area (Å²) in [4.78, 5) is 18.0. The molecule has 2 rings (SSSR count). The number of hydrogen-bond acceptors (Lipinski definition) is 6. The lowest BCUT2D eigenvalue weighted by atomic mass is 10.2. The van der Waals surface area contributed by atoms with Crippen molar-refractivity contribution in [3.05, 3.63) is 40.7 Å². The van der Waals surface area contributed by atoms with Gasteiger partial charge in [0, 0.05) is 6.20 Å². The molecule has 8 nitrogen and oxygen atoms in total. The fourth-order valence-electron chi connectivity index (χ4n) is 1.38. The van der Waals surface area contributed by atoms with Gasteiger partial charge in [-0.25, -0.2) is 4.98 Å². The van der Waals surface area contributed by atoms with E-state index in [4.69, 9.17) is 0 Å². The molecule has 0 aliphatic carbocycles. The molecule has 0 fully saturated rings. The standard InChI is InChI=1S/C9H10N6O2/c1-6(9-11-5-12-14-9)13-7-2-3-10-4-8(7)15(16)17/h2-6H,1H3,(H,10,13)(H,11,12,14). The van der Waals surface area contributed by atoms with E-state index >= 15 is 0 Å². The van der Waals surface area contributed by atoms with Crippen LogP contribution in [0.1, 0.15) is 18.8 Å². The molecule has 2 N–H and O–H groups in total. The zero-order valence-electron chi connectivity index (χ0n) is 8.99. The van der Waals surface area contributed by atoms with E-state index in [1.807, 2.05) is 6.92 Å². The van der Waals surface area contributed by atoms with Crippen LogP contribution in [0.5, 0.6) is 0 Å². The summed E-state index contributed by atoms with van der Waals surface area (Å²) in [5, 5.41) is 20.2. The second-order valence-electron chi connectivity index (χ2n) is 3.39. The van der Waals surface area contributed by atoms with Crippen LogP contribution in [-0.4, -0.2) is 25.1 Å². The number of pyridine rings is 1. The third-order valence-electron chi connectivity index (χ3n) is 2.21. The second kappa shape index (κ2) is 4.56. The highest BCUT2D eigenvalue weighted by molar-refractivity contribution is 5.60. The highest BCUT2D eigenvalue weighted by Crippen LogP contribution is 2.25. The summed E-state index contributed by atoms with van der Waals surface area (Å²) >= 11 is 0. The first kappa shape index (κ1) is 11.0. The fourth-order valence-corrected chi connectivity index (χ4v) is 1.38. The first-order valence-electron chi connectivity index (χ1n) is 4.88. The Kier molecular flexibility index (Phi) is 2.95. The molecule has 2 heterocycles. The van der Waals surface area contributed by atoms with Gasteiger partial charge in [0.25, 0.3) is 0 Å². The number of H-pyrrole nitrogens is 1. The van der Waals surface area contributed by atoms with E-state index in [1.165, 1.54) is 18.7 Å². The van der Waals surface area contributed by atoms with Crippen molar-refractivity contribution in [3.63, 3.8) is 0 Å². The van der Waals surface area contributed by atoms with Gasteiger partial charge in [-0.15, -0.1) is 0 Å². The first-order chi connectivity index (χ1) is 8.18. The first-order valence-corrected chi connectivity index (χ1v) is 4.88. The summed E-state index contributed by atoms with van der Waals surface area (Å²) in [5.41, 5.74) is 0.327. The Hall–Kier alpha value is -2.51. The van der Waals surface area contributed by atoms with Crippen LogP contribution in [0.4, 0.5) is 11.4 Å². The van der Waals surface area contributed by atoms with Gasteiger partial charge in [0.1, 0.15) is 24.0 Å². The summed E-state index contributed by atoms with van der Waals surface area (Å²) < 4.78 is 0. The van der Waals surface area contributed by atoms with E-state index in [0.29, 0.717) is 11.5 Å². The molecule has 1 unspecified atom stereocenters. The smallest absolute Gasteiger partial charge is 0.310 e. The van der Waals surface area contributed by atoms with Crippen LogP contribution in [0.2, 0.25) is 0 Å². The number of nitrogens with zero attached hydrogens (tertiary/aromatic N) is 4. The molecule has 0 radical (unpaired) electrons. The van der Waals surface area contributed by atoms with E-state index in [0.717, 1.165) is 0 Å². The molecule has 8 heteroatoms. The van der Waals surface area contributed by atoms with Gasteiger partial charge in [-0.05, 0) is 13.0 Å². The van der Waals surface area contributed by atoms with Gasteiger partial charge in [-0.3, -0.25) is 20.2 Å². The predicted molar refractivity (Wildman–Crippen MR) is 59.3 cm³/mol. The number of nitro groups is 1. The van der Waals surface area contributed by atoms with Gasteiger partial charge in [0.15, 0.2) is 0 Å². The summed E-state index contributed by atoms with van der Waals surface area (Å²) in [7, 11) is 0. The maximum absolute atomic E-state index is 10.8. The number of anilines is 1. The predicted octanol–water partition coefficient (Wildman–Crippen LogP) is 1.28. The minimum Gasteiger partial charge on any atom is -0.370 e. The lowest BCUT2D eigenvalue weighted by molar-refractivity contribution is -0.384. The van der Waals surface area contributed by atoms with Gasteiger partial charge in [-0.1, -0.05) is 0 Å². The van der Waals surface area contributed by atoms with Crippen molar-refractivity contribution in [2.75, 3.05) is 5.32 Å². The van der Waals surface area contributed by atoms with E-state index in [1.54, 1.807) is 6.07 Å². The van der Waals surface area contributed by atoms with Crippen LogP contribution in [0.25, 0.3) is 0 Å². The van der Waals surface area contributed by atoms with Crippen LogP contribution in [0.3, 0.4) is 0 Å². The summed E-state index contributed by atoms with van der Waals surface area (Å²) in [6.45, 7) is 1.82. The monoisotopic (exact) mass is 234 g/mol. The molecule has 0 aliphatic heterocycles. The third-order valence-corrected chi connectivity index (χ3v) is 2.21. The molecular weight excluding hydrogens is 224 g/mol. The number of aromatic amines is 1. The molecule has 0 aliphatic rings. The molecular formula is C9H10N6O2. The average Bonchev–Trinajstić information content (AvgIpc) is 2.83. The minimum atomic E-state index is -0.484. The Labute approximate surface area is 96.3 Å². The lowest BCUT2D eigenvalue weighted by Crippen LogP contribution is -2.10. The van der Waals surface area contributed by atoms with Crippen molar-refractivity contribution in [1.82, 2.24) is 20.2 Å². The molecule has 0 bridgehead atoms. The van der Waals surface area contributed by atoms with Crippen LogP contribution in [-0.2, 0) is 0 Å². The number of aromatic nitrogens is 4. The number of nitrogens with one attached hydrogen (secondary N) is 2.